The van der Waals surface area contributed by atoms with Crippen LogP contribution in [0.15, 0.2) is 0 Å². The Labute approximate surface area is 166 Å². The van der Waals surface area contributed by atoms with Crippen molar-refractivity contribution in [2.45, 2.75) is 57.8 Å². The molecule has 0 bridgehead atoms. The highest BCUT2D eigenvalue weighted by Crippen LogP contribution is 2.29. The van der Waals surface area contributed by atoms with Crippen molar-refractivity contribution in [3.05, 3.63) is 0 Å². The van der Waals surface area contributed by atoms with Crippen LogP contribution in [0, 0.1) is 5.92 Å². The van der Waals surface area contributed by atoms with Crippen LogP contribution in [0.25, 0.3) is 0 Å². The molecule has 1 rings (SSSR count). The summed E-state index contributed by atoms with van der Waals surface area (Å²) in [7, 11) is -5.09. The minimum Gasteiger partial charge on any atom is -0.443 e. The lowest BCUT2D eigenvalue weighted by Crippen LogP contribution is -2.54. The van der Waals surface area contributed by atoms with E-state index in [1.54, 1.807) is 39.6 Å². The fraction of sp³-hybridized carbons (Fsp3) is 0.867. The van der Waals surface area contributed by atoms with Crippen LogP contribution in [0.3, 0.4) is 0 Å². The summed E-state index contributed by atoms with van der Waals surface area (Å²) < 4.78 is 61.4. The summed E-state index contributed by atoms with van der Waals surface area (Å²) in [5.74, 6) is -0.717. The van der Waals surface area contributed by atoms with E-state index in [4.69, 9.17) is 8.92 Å². The van der Waals surface area contributed by atoms with Gasteiger partial charge in [0.2, 0.25) is 5.91 Å². The first-order valence-electron chi connectivity index (χ1n) is 8.61. The number of hydrogen-bond donors (Lipinski definition) is 2. The second-order valence-corrected chi connectivity index (χ2v) is 11.0. The highest BCUT2D eigenvalue weighted by Gasteiger charge is 2.39. The fourth-order valence-electron chi connectivity index (χ4n) is 2.83. The van der Waals surface area contributed by atoms with E-state index in [9.17, 15) is 26.4 Å². The van der Waals surface area contributed by atoms with Gasteiger partial charge in [-0.25, -0.2) is 9.52 Å². The predicted octanol–water partition coefficient (Wildman–Crippen LogP) is -0.0528. The zero-order chi connectivity index (χ0) is 21.9. The molecule has 1 aliphatic carbocycles. The third kappa shape index (κ3) is 8.71. The molecule has 2 N–H and O–H groups in total. The molecule has 1 aliphatic rings. The smallest absolute Gasteiger partial charge is 0.422 e. The molecule has 13 heteroatoms. The molecule has 0 unspecified atom stereocenters. The topological polar surface area (TPSA) is 148 Å². The van der Waals surface area contributed by atoms with Crippen molar-refractivity contribution < 1.29 is 35.3 Å². The Morgan fingerprint density at radius 3 is 2.11 bits per heavy atom. The van der Waals surface area contributed by atoms with Crippen molar-refractivity contribution >= 4 is 32.3 Å². The van der Waals surface area contributed by atoms with E-state index in [-0.39, 0.29) is 18.7 Å². The Morgan fingerprint density at radius 2 is 1.64 bits per heavy atom. The molecule has 0 aliphatic heterocycles. The van der Waals surface area contributed by atoms with Gasteiger partial charge in [0.25, 0.3) is 10.1 Å². The third-order valence-corrected chi connectivity index (χ3v) is 5.44. The Balaban J connectivity index is 2.96. The lowest BCUT2D eigenvalue weighted by Gasteiger charge is -2.35. The molecule has 11 nitrogen and oxygen atoms in total. The van der Waals surface area contributed by atoms with Crippen LogP contribution in [0.1, 0.15) is 40.0 Å². The molecule has 2 amide bonds. The van der Waals surface area contributed by atoms with Crippen LogP contribution in [0.2, 0.25) is 0 Å². The highest BCUT2D eigenvalue weighted by molar-refractivity contribution is 7.88. The standard InChI is InChI=1S/C15H29N3O8S2/c1-15(2,3)25-14(20)17-28(23,24)16-11-9-10(13(19)18(4)5)7-8-12(11)26-27(6,21)22/h10-12,16H,7-9H2,1-6H3,(H,17,20)/t10-,11-,12+/m0/s1. The van der Waals surface area contributed by atoms with E-state index in [1.165, 1.54) is 4.90 Å². The van der Waals surface area contributed by atoms with Crippen LogP contribution in [0.5, 0.6) is 0 Å². The summed E-state index contributed by atoms with van der Waals surface area (Å²) in [5.41, 5.74) is -0.907. The van der Waals surface area contributed by atoms with E-state index in [0.29, 0.717) is 6.42 Å². The molecule has 0 spiro atoms. The molecule has 0 aromatic heterocycles. The molecule has 0 aromatic carbocycles. The van der Waals surface area contributed by atoms with Crippen LogP contribution < -0.4 is 9.44 Å². The molecule has 1 saturated carbocycles. The van der Waals surface area contributed by atoms with E-state index in [0.717, 1.165) is 6.26 Å². The van der Waals surface area contributed by atoms with E-state index < -0.39 is 50.1 Å². The van der Waals surface area contributed by atoms with Gasteiger partial charge in [-0.1, -0.05) is 0 Å². The van der Waals surface area contributed by atoms with Crippen molar-refractivity contribution in [2.75, 3.05) is 20.4 Å². The largest absolute Gasteiger partial charge is 0.443 e. The Kier molecular flexibility index (Phi) is 7.84. The number of carbonyl (C=O) groups excluding carboxylic acids is 2. The Bertz CT molecular complexity index is 787. The van der Waals surface area contributed by atoms with Gasteiger partial charge in [0.05, 0.1) is 18.4 Å². The van der Waals surface area contributed by atoms with Crippen molar-refractivity contribution in [3.63, 3.8) is 0 Å². The summed E-state index contributed by atoms with van der Waals surface area (Å²) in [6, 6.07) is -1.03. The Morgan fingerprint density at radius 1 is 1.07 bits per heavy atom. The Hall–Kier alpha value is -1.44. The maximum Gasteiger partial charge on any atom is 0.422 e. The van der Waals surface area contributed by atoms with Gasteiger partial charge in [0.1, 0.15) is 5.60 Å². The molecule has 0 radical (unpaired) electrons. The van der Waals surface area contributed by atoms with E-state index in [2.05, 4.69) is 4.72 Å². The summed E-state index contributed by atoms with van der Waals surface area (Å²) in [5, 5.41) is 0. The SMILES string of the molecule is CN(C)C(=O)[C@H]1CC[C@@H](OS(C)(=O)=O)[C@@H](NS(=O)(=O)NC(=O)OC(C)(C)C)C1. The van der Waals surface area contributed by atoms with Gasteiger partial charge >= 0.3 is 16.3 Å². The van der Waals surface area contributed by atoms with Crippen LogP contribution in [-0.2, 0) is 34.0 Å². The molecule has 0 saturated heterocycles. The number of rotatable bonds is 6. The first-order chi connectivity index (χ1) is 12.5. The first kappa shape index (κ1) is 24.6. The molecule has 0 aromatic rings. The van der Waals surface area contributed by atoms with E-state index >= 15 is 0 Å². The van der Waals surface area contributed by atoms with Gasteiger partial charge < -0.3 is 9.64 Å². The number of nitrogens with one attached hydrogen (secondary N) is 2. The molecule has 28 heavy (non-hydrogen) atoms. The monoisotopic (exact) mass is 443 g/mol. The maximum atomic E-state index is 12.3. The number of hydrogen-bond acceptors (Lipinski definition) is 8. The quantitative estimate of drug-likeness (QED) is 0.543. The van der Waals surface area contributed by atoms with Crippen LogP contribution in [-0.4, -0.2) is 71.8 Å². The molecule has 3 atom stereocenters. The molecule has 164 valence electrons. The van der Waals surface area contributed by atoms with Gasteiger partial charge in [0, 0.05) is 20.0 Å². The van der Waals surface area contributed by atoms with Gasteiger partial charge in [0.15, 0.2) is 0 Å². The summed E-state index contributed by atoms with van der Waals surface area (Å²) in [4.78, 5) is 25.4. The second-order valence-electron chi connectivity index (χ2n) is 7.91. The number of carbonyl (C=O) groups is 2. The zero-order valence-electron chi connectivity index (χ0n) is 16.9. The lowest BCUT2D eigenvalue weighted by atomic mass is 9.83. The summed E-state index contributed by atoms with van der Waals surface area (Å²) >= 11 is 0. The molecular formula is C15H29N3O8S2. The van der Waals surface area contributed by atoms with Crippen molar-refractivity contribution in [3.8, 4) is 0 Å². The third-order valence-electron chi connectivity index (χ3n) is 3.80. The zero-order valence-corrected chi connectivity index (χ0v) is 18.5. The normalized spacial score (nSPS) is 23.7. The summed E-state index contributed by atoms with van der Waals surface area (Å²) in [6.07, 6.45) is -0.818. The highest BCUT2D eigenvalue weighted by atomic mass is 32.2. The van der Waals surface area contributed by atoms with Gasteiger partial charge in [-0.05, 0) is 40.0 Å². The van der Waals surface area contributed by atoms with E-state index in [1.807, 2.05) is 0 Å². The molecule has 1 fully saturated rings. The van der Waals surface area contributed by atoms with Gasteiger partial charge in [-0.2, -0.15) is 21.6 Å². The number of amides is 2. The van der Waals surface area contributed by atoms with Gasteiger partial charge in [-0.15, -0.1) is 0 Å². The van der Waals surface area contributed by atoms with Crippen molar-refractivity contribution in [1.29, 1.82) is 0 Å². The summed E-state index contributed by atoms with van der Waals surface area (Å²) in [6.45, 7) is 4.71. The minimum atomic E-state index is -4.38. The molecular weight excluding hydrogens is 414 g/mol. The van der Waals surface area contributed by atoms with Crippen molar-refractivity contribution in [1.82, 2.24) is 14.3 Å². The average Bonchev–Trinajstić information content (AvgIpc) is 2.43. The first-order valence-corrected chi connectivity index (χ1v) is 11.9. The van der Waals surface area contributed by atoms with Crippen LogP contribution >= 0.6 is 0 Å². The van der Waals surface area contributed by atoms with Crippen LogP contribution in [0.4, 0.5) is 4.79 Å². The second kappa shape index (κ2) is 8.93. The number of ether oxygens (including phenoxy) is 1. The minimum absolute atomic E-state index is 0.0203. The molecule has 0 heterocycles. The fourth-order valence-corrected chi connectivity index (χ4v) is 4.48. The lowest BCUT2D eigenvalue weighted by molar-refractivity contribution is -0.134. The van der Waals surface area contributed by atoms with Gasteiger partial charge in [-0.3, -0.25) is 8.98 Å². The predicted molar refractivity (Wildman–Crippen MR) is 101 cm³/mol. The number of nitrogens with zero attached hydrogens (tertiary/aromatic N) is 1. The van der Waals surface area contributed by atoms with Crippen molar-refractivity contribution in [2.24, 2.45) is 5.92 Å². The maximum absolute atomic E-state index is 12.3. The average molecular weight is 444 g/mol.